The van der Waals surface area contributed by atoms with E-state index >= 15 is 0 Å². The minimum atomic E-state index is -0.367. The molecule has 1 saturated heterocycles. The van der Waals surface area contributed by atoms with Crippen LogP contribution in [0.1, 0.15) is 19.3 Å². The third kappa shape index (κ3) is 3.57. The number of carbonyl (C=O) groups excluding carboxylic acids is 1. The fourth-order valence-corrected chi connectivity index (χ4v) is 2.91. The summed E-state index contributed by atoms with van der Waals surface area (Å²) >= 11 is 0. The first kappa shape index (κ1) is 15.5. The number of amides is 2. The summed E-state index contributed by atoms with van der Waals surface area (Å²) in [4.78, 5) is 23.0. The summed E-state index contributed by atoms with van der Waals surface area (Å²) < 4.78 is 10.5. The highest BCUT2D eigenvalue weighted by Gasteiger charge is 2.15. The Morgan fingerprint density at radius 3 is 2.48 bits per heavy atom. The molecule has 8 heteroatoms. The smallest absolute Gasteiger partial charge is 0.323 e. The van der Waals surface area contributed by atoms with Crippen LogP contribution in [0.5, 0.6) is 11.5 Å². The Kier molecular flexibility index (Phi) is 4.24. The van der Waals surface area contributed by atoms with Crippen LogP contribution in [-0.4, -0.2) is 35.9 Å². The molecule has 4 rings (SSSR count). The highest BCUT2D eigenvalue weighted by molar-refractivity contribution is 5.99. The molecule has 2 aliphatic rings. The van der Waals surface area contributed by atoms with Crippen molar-refractivity contribution >= 4 is 23.4 Å². The standard InChI is InChI=1S/C17H19N5O3/c23-17(20-12-4-5-14-15(8-12)25-11-24-14)21-13-9-18-16(19-10-13)22-6-2-1-3-7-22/h4-5,8-10H,1-3,6-7,11H2,(H2,20,21,23). The van der Waals surface area contributed by atoms with Gasteiger partial charge in [-0.05, 0) is 31.4 Å². The number of urea groups is 1. The zero-order chi connectivity index (χ0) is 17.1. The molecule has 0 radical (unpaired) electrons. The lowest BCUT2D eigenvalue weighted by molar-refractivity contribution is 0.174. The number of hydrogen-bond donors (Lipinski definition) is 2. The topological polar surface area (TPSA) is 88.6 Å². The average Bonchev–Trinajstić information content (AvgIpc) is 3.11. The number of piperidine rings is 1. The van der Waals surface area contributed by atoms with Crippen LogP contribution in [0.2, 0.25) is 0 Å². The van der Waals surface area contributed by atoms with Gasteiger partial charge in [-0.1, -0.05) is 0 Å². The first-order valence-corrected chi connectivity index (χ1v) is 8.32. The summed E-state index contributed by atoms with van der Waals surface area (Å²) in [6.07, 6.45) is 6.84. The normalized spacial score (nSPS) is 15.8. The number of fused-ring (bicyclic) bond motifs is 1. The highest BCUT2D eigenvalue weighted by Crippen LogP contribution is 2.34. The lowest BCUT2D eigenvalue weighted by Crippen LogP contribution is -2.31. The second-order valence-electron chi connectivity index (χ2n) is 5.97. The minimum Gasteiger partial charge on any atom is -0.454 e. The van der Waals surface area contributed by atoms with E-state index in [1.54, 1.807) is 30.6 Å². The lowest BCUT2D eigenvalue weighted by atomic mass is 10.1. The molecular weight excluding hydrogens is 322 g/mol. The van der Waals surface area contributed by atoms with Crippen molar-refractivity contribution in [2.45, 2.75) is 19.3 Å². The first-order valence-electron chi connectivity index (χ1n) is 8.32. The molecule has 8 nitrogen and oxygen atoms in total. The van der Waals surface area contributed by atoms with Crippen molar-refractivity contribution in [3.05, 3.63) is 30.6 Å². The van der Waals surface area contributed by atoms with E-state index in [1.165, 1.54) is 19.3 Å². The van der Waals surface area contributed by atoms with Crippen molar-refractivity contribution in [3.8, 4) is 11.5 Å². The fraction of sp³-hybridized carbons (Fsp3) is 0.353. The summed E-state index contributed by atoms with van der Waals surface area (Å²) in [6.45, 7) is 2.17. The molecule has 0 spiro atoms. The van der Waals surface area contributed by atoms with Gasteiger partial charge in [-0.3, -0.25) is 0 Å². The Hall–Kier alpha value is -3.03. The van der Waals surface area contributed by atoms with Crippen molar-refractivity contribution in [1.29, 1.82) is 0 Å². The van der Waals surface area contributed by atoms with Gasteiger partial charge in [0.25, 0.3) is 0 Å². The van der Waals surface area contributed by atoms with Crippen LogP contribution in [0, 0.1) is 0 Å². The third-order valence-electron chi connectivity index (χ3n) is 4.17. The van der Waals surface area contributed by atoms with Crippen LogP contribution >= 0.6 is 0 Å². The predicted molar refractivity (Wildman–Crippen MR) is 93.3 cm³/mol. The van der Waals surface area contributed by atoms with Crippen LogP contribution < -0.4 is 25.0 Å². The van der Waals surface area contributed by atoms with Gasteiger partial charge in [0.2, 0.25) is 12.7 Å². The van der Waals surface area contributed by atoms with Gasteiger partial charge in [0.1, 0.15) is 0 Å². The van der Waals surface area contributed by atoms with Crippen molar-refractivity contribution in [2.75, 3.05) is 35.4 Å². The van der Waals surface area contributed by atoms with Gasteiger partial charge < -0.3 is 25.0 Å². The Labute approximate surface area is 145 Å². The van der Waals surface area contributed by atoms with Crippen molar-refractivity contribution < 1.29 is 14.3 Å². The van der Waals surface area contributed by atoms with Crippen LogP contribution in [0.4, 0.5) is 22.1 Å². The molecule has 130 valence electrons. The number of nitrogens with one attached hydrogen (secondary N) is 2. The molecule has 2 amide bonds. The van der Waals surface area contributed by atoms with Crippen LogP contribution in [-0.2, 0) is 0 Å². The summed E-state index contributed by atoms with van der Waals surface area (Å²) in [5, 5.41) is 5.47. The van der Waals surface area contributed by atoms with Gasteiger partial charge in [-0.2, -0.15) is 0 Å². The number of nitrogens with zero attached hydrogens (tertiary/aromatic N) is 3. The molecule has 2 N–H and O–H groups in total. The zero-order valence-electron chi connectivity index (χ0n) is 13.7. The molecule has 0 aliphatic carbocycles. The molecule has 25 heavy (non-hydrogen) atoms. The van der Waals surface area contributed by atoms with E-state index in [1.807, 2.05) is 0 Å². The van der Waals surface area contributed by atoms with E-state index in [9.17, 15) is 4.79 Å². The molecule has 1 fully saturated rings. The van der Waals surface area contributed by atoms with Crippen molar-refractivity contribution in [1.82, 2.24) is 9.97 Å². The molecule has 0 bridgehead atoms. The van der Waals surface area contributed by atoms with E-state index < -0.39 is 0 Å². The fourth-order valence-electron chi connectivity index (χ4n) is 2.91. The first-order chi connectivity index (χ1) is 12.3. The molecule has 0 unspecified atom stereocenters. The maximum atomic E-state index is 12.1. The average molecular weight is 341 g/mol. The molecule has 2 aliphatic heterocycles. The van der Waals surface area contributed by atoms with Gasteiger partial charge in [-0.25, -0.2) is 14.8 Å². The van der Waals surface area contributed by atoms with Crippen LogP contribution in [0.25, 0.3) is 0 Å². The number of rotatable bonds is 3. The van der Waals surface area contributed by atoms with Gasteiger partial charge in [0, 0.05) is 24.8 Å². The second kappa shape index (κ2) is 6.84. The quantitative estimate of drug-likeness (QED) is 0.892. The number of benzene rings is 1. The minimum absolute atomic E-state index is 0.200. The van der Waals surface area contributed by atoms with E-state index in [0.29, 0.717) is 28.8 Å². The lowest BCUT2D eigenvalue weighted by Gasteiger charge is -2.26. The Bertz CT molecular complexity index is 759. The van der Waals surface area contributed by atoms with E-state index in [2.05, 4.69) is 25.5 Å². The van der Waals surface area contributed by atoms with Crippen LogP contribution in [0.3, 0.4) is 0 Å². The van der Waals surface area contributed by atoms with E-state index in [-0.39, 0.29) is 12.8 Å². The third-order valence-corrected chi connectivity index (χ3v) is 4.17. The van der Waals surface area contributed by atoms with Gasteiger partial charge in [-0.15, -0.1) is 0 Å². The second-order valence-corrected chi connectivity index (χ2v) is 5.97. The number of hydrogen-bond acceptors (Lipinski definition) is 6. The van der Waals surface area contributed by atoms with E-state index in [0.717, 1.165) is 13.1 Å². The summed E-state index contributed by atoms with van der Waals surface area (Å²) in [7, 11) is 0. The van der Waals surface area contributed by atoms with Gasteiger partial charge >= 0.3 is 6.03 Å². The van der Waals surface area contributed by atoms with Gasteiger partial charge in [0.05, 0.1) is 18.1 Å². The summed E-state index contributed by atoms with van der Waals surface area (Å²) in [5.41, 5.74) is 1.16. The molecule has 3 heterocycles. The Balaban J connectivity index is 1.35. The van der Waals surface area contributed by atoms with E-state index in [4.69, 9.17) is 9.47 Å². The Morgan fingerprint density at radius 1 is 0.960 bits per heavy atom. The number of anilines is 3. The molecule has 2 aromatic rings. The van der Waals surface area contributed by atoms with Crippen LogP contribution in [0.15, 0.2) is 30.6 Å². The number of aromatic nitrogens is 2. The number of carbonyl (C=O) groups is 1. The molecular formula is C17H19N5O3. The molecule has 1 aromatic heterocycles. The number of ether oxygens (including phenoxy) is 2. The Morgan fingerprint density at radius 2 is 1.68 bits per heavy atom. The molecule has 1 aromatic carbocycles. The monoisotopic (exact) mass is 341 g/mol. The maximum Gasteiger partial charge on any atom is 0.323 e. The summed E-state index contributed by atoms with van der Waals surface area (Å²) in [6, 6.07) is 4.86. The molecule has 0 saturated carbocycles. The SMILES string of the molecule is O=C(Nc1cnc(N2CCCCC2)nc1)Nc1ccc2c(c1)OCO2. The predicted octanol–water partition coefficient (Wildman–Crippen LogP) is 2.84. The maximum absolute atomic E-state index is 12.1. The van der Waals surface area contributed by atoms with Crippen molar-refractivity contribution in [2.24, 2.45) is 0 Å². The van der Waals surface area contributed by atoms with Gasteiger partial charge in [0.15, 0.2) is 11.5 Å². The van der Waals surface area contributed by atoms with Crippen molar-refractivity contribution in [3.63, 3.8) is 0 Å². The highest BCUT2D eigenvalue weighted by atomic mass is 16.7. The summed E-state index contributed by atoms with van der Waals surface area (Å²) in [5.74, 6) is 2.00. The molecule has 0 atom stereocenters. The zero-order valence-corrected chi connectivity index (χ0v) is 13.7. The largest absolute Gasteiger partial charge is 0.454 e.